The summed E-state index contributed by atoms with van der Waals surface area (Å²) in [6.07, 6.45) is 3.41. The van der Waals surface area contributed by atoms with Crippen LogP contribution in [0.2, 0.25) is 0 Å². The summed E-state index contributed by atoms with van der Waals surface area (Å²) in [5, 5.41) is 0. The van der Waals surface area contributed by atoms with Crippen LogP contribution in [0, 0.1) is 0 Å². The average Bonchev–Trinajstić information content (AvgIpc) is 3.25. The lowest BCUT2D eigenvalue weighted by atomic mass is 10.0. The van der Waals surface area contributed by atoms with Gasteiger partial charge in [0.1, 0.15) is 0 Å². The van der Waals surface area contributed by atoms with Crippen LogP contribution in [0.5, 0.6) is 0 Å². The molecule has 22 heavy (non-hydrogen) atoms. The van der Waals surface area contributed by atoms with Crippen molar-refractivity contribution >= 4 is 0 Å². The molecule has 0 amide bonds. The van der Waals surface area contributed by atoms with Crippen molar-refractivity contribution in [3.8, 4) is 33.8 Å². The molecule has 2 aromatic carbocycles. The normalized spacial score (nSPS) is 10.7. The van der Waals surface area contributed by atoms with Gasteiger partial charge in [-0.05, 0) is 23.3 Å². The Balaban J connectivity index is 1.86. The van der Waals surface area contributed by atoms with Gasteiger partial charge in [0.25, 0.3) is 0 Å². The van der Waals surface area contributed by atoms with Gasteiger partial charge in [0.05, 0.1) is 12.5 Å². The maximum absolute atomic E-state index is 5.73. The molecule has 0 unspecified atom stereocenters. The highest BCUT2D eigenvalue weighted by Gasteiger charge is 2.18. The van der Waals surface area contributed by atoms with E-state index in [0.29, 0.717) is 0 Å². The van der Waals surface area contributed by atoms with Crippen LogP contribution in [0.1, 0.15) is 0 Å². The van der Waals surface area contributed by atoms with Crippen molar-refractivity contribution in [2.45, 2.75) is 0 Å². The molecule has 0 aliphatic heterocycles. The van der Waals surface area contributed by atoms with Crippen LogP contribution >= 0.6 is 0 Å². The summed E-state index contributed by atoms with van der Waals surface area (Å²) in [4.78, 5) is 0. The lowest BCUT2D eigenvalue weighted by Gasteiger charge is -2.04. The van der Waals surface area contributed by atoms with Crippen molar-refractivity contribution in [2.24, 2.45) is 0 Å². The van der Waals surface area contributed by atoms with Crippen LogP contribution < -0.4 is 0 Å². The third-order valence-electron chi connectivity index (χ3n) is 3.71. The minimum Gasteiger partial charge on any atom is -0.460 e. The molecule has 0 aliphatic carbocycles. The van der Waals surface area contributed by atoms with Crippen LogP contribution in [0.4, 0.5) is 0 Å². The Morgan fingerprint density at radius 1 is 0.455 bits per heavy atom. The number of hydrogen-bond acceptors (Lipinski definition) is 2. The van der Waals surface area contributed by atoms with Gasteiger partial charge < -0.3 is 8.83 Å². The Morgan fingerprint density at radius 2 is 0.864 bits per heavy atom. The molecule has 0 saturated heterocycles. The van der Waals surface area contributed by atoms with E-state index in [0.717, 1.165) is 33.8 Å². The quantitative estimate of drug-likeness (QED) is 0.470. The molecule has 0 spiro atoms. The lowest BCUT2D eigenvalue weighted by molar-refractivity contribution is 0.525. The van der Waals surface area contributed by atoms with Gasteiger partial charge in [-0.1, -0.05) is 60.7 Å². The SMILES string of the molecule is c1ccc(-c2ccoc2-c2occc2-c2ccccc2)cc1. The summed E-state index contributed by atoms with van der Waals surface area (Å²) in [7, 11) is 0. The van der Waals surface area contributed by atoms with Crippen molar-refractivity contribution in [1.82, 2.24) is 0 Å². The Morgan fingerprint density at radius 3 is 1.27 bits per heavy atom. The molecule has 106 valence electrons. The van der Waals surface area contributed by atoms with Crippen LogP contribution in [0.3, 0.4) is 0 Å². The molecule has 2 heterocycles. The van der Waals surface area contributed by atoms with Gasteiger partial charge in [0.2, 0.25) is 0 Å². The minimum atomic E-state index is 0.759. The standard InChI is InChI=1S/C20H14O2/c1-3-7-15(8-4-1)17-11-13-21-19(17)20-18(12-14-22-20)16-9-5-2-6-10-16/h1-14H. The van der Waals surface area contributed by atoms with Crippen molar-refractivity contribution in [2.75, 3.05) is 0 Å². The Labute approximate surface area is 128 Å². The highest BCUT2D eigenvalue weighted by molar-refractivity contribution is 5.85. The van der Waals surface area contributed by atoms with Gasteiger partial charge in [0, 0.05) is 11.1 Å². The van der Waals surface area contributed by atoms with E-state index >= 15 is 0 Å². The maximum Gasteiger partial charge on any atom is 0.177 e. The Hall–Kier alpha value is -3.00. The van der Waals surface area contributed by atoms with Crippen molar-refractivity contribution in [3.05, 3.63) is 85.3 Å². The second kappa shape index (κ2) is 5.41. The second-order valence-corrected chi connectivity index (χ2v) is 5.06. The number of benzene rings is 2. The molecular weight excluding hydrogens is 272 g/mol. The van der Waals surface area contributed by atoms with Crippen molar-refractivity contribution in [1.29, 1.82) is 0 Å². The van der Waals surface area contributed by atoms with Gasteiger partial charge in [-0.2, -0.15) is 0 Å². The van der Waals surface area contributed by atoms with E-state index in [9.17, 15) is 0 Å². The molecule has 2 heteroatoms. The molecule has 0 N–H and O–H groups in total. The first-order valence-electron chi connectivity index (χ1n) is 7.20. The number of furan rings is 2. The van der Waals surface area contributed by atoms with Gasteiger partial charge in [-0.25, -0.2) is 0 Å². The third-order valence-corrected chi connectivity index (χ3v) is 3.71. The van der Waals surface area contributed by atoms with E-state index in [-0.39, 0.29) is 0 Å². The van der Waals surface area contributed by atoms with Crippen LogP contribution in [0.15, 0.2) is 94.2 Å². The van der Waals surface area contributed by atoms with Crippen LogP contribution in [-0.4, -0.2) is 0 Å². The molecule has 0 radical (unpaired) electrons. The first-order chi connectivity index (χ1) is 10.9. The summed E-state index contributed by atoms with van der Waals surface area (Å²) in [6, 6.07) is 24.3. The molecule has 0 atom stereocenters. The molecular formula is C20H14O2. The van der Waals surface area contributed by atoms with Gasteiger partial charge in [-0.3, -0.25) is 0 Å². The molecule has 0 saturated carbocycles. The summed E-state index contributed by atoms with van der Waals surface area (Å²) >= 11 is 0. The maximum atomic E-state index is 5.73. The highest BCUT2D eigenvalue weighted by Crippen LogP contribution is 2.39. The van der Waals surface area contributed by atoms with E-state index in [1.54, 1.807) is 12.5 Å². The Bertz CT molecular complexity index is 794. The van der Waals surface area contributed by atoms with Crippen LogP contribution in [0.25, 0.3) is 33.8 Å². The first-order valence-corrected chi connectivity index (χ1v) is 7.20. The predicted molar refractivity (Wildman–Crippen MR) is 87.3 cm³/mol. The summed E-state index contributed by atoms with van der Waals surface area (Å²) in [5.41, 5.74) is 4.30. The van der Waals surface area contributed by atoms with Gasteiger partial charge >= 0.3 is 0 Å². The summed E-state index contributed by atoms with van der Waals surface area (Å²) in [5.74, 6) is 1.52. The van der Waals surface area contributed by atoms with E-state index in [4.69, 9.17) is 8.83 Å². The van der Waals surface area contributed by atoms with Crippen LogP contribution in [-0.2, 0) is 0 Å². The lowest BCUT2D eigenvalue weighted by Crippen LogP contribution is -1.81. The molecule has 0 fully saturated rings. The monoisotopic (exact) mass is 286 g/mol. The van der Waals surface area contributed by atoms with E-state index in [2.05, 4.69) is 24.3 Å². The molecule has 4 aromatic rings. The fraction of sp³-hybridized carbons (Fsp3) is 0. The fourth-order valence-electron chi connectivity index (χ4n) is 2.66. The third kappa shape index (κ3) is 2.15. The van der Waals surface area contributed by atoms with Gasteiger partial charge in [0.15, 0.2) is 11.5 Å². The molecule has 2 nitrogen and oxygen atoms in total. The van der Waals surface area contributed by atoms with E-state index < -0.39 is 0 Å². The number of rotatable bonds is 3. The zero-order chi connectivity index (χ0) is 14.8. The minimum absolute atomic E-state index is 0.759. The molecule has 2 aromatic heterocycles. The topological polar surface area (TPSA) is 26.3 Å². The highest BCUT2D eigenvalue weighted by atomic mass is 16.4. The zero-order valence-electron chi connectivity index (χ0n) is 11.9. The first kappa shape index (κ1) is 12.7. The number of hydrogen-bond donors (Lipinski definition) is 0. The molecule has 4 rings (SSSR count). The Kier molecular flexibility index (Phi) is 3.13. The van der Waals surface area contributed by atoms with Gasteiger partial charge in [-0.15, -0.1) is 0 Å². The second-order valence-electron chi connectivity index (χ2n) is 5.06. The molecule has 0 bridgehead atoms. The predicted octanol–water partition coefficient (Wildman–Crippen LogP) is 5.87. The van der Waals surface area contributed by atoms with Crippen molar-refractivity contribution < 1.29 is 8.83 Å². The summed E-state index contributed by atoms with van der Waals surface area (Å²) in [6.45, 7) is 0. The average molecular weight is 286 g/mol. The molecule has 0 aliphatic rings. The smallest absolute Gasteiger partial charge is 0.177 e. The fourth-order valence-corrected chi connectivity index (χ4v) is 2.66. The summed E-state index contributed by atoms with van der Waals surface area (Å²) < 4.78 is 11.5. The van der Waals surface area contributed by atoms with Crippen molar-refractivity contribution in [3.63, 3.8) is 0 Å². The largest absolute Gasteiger partial charge is 0.460 e. The zero-order valence-corrected chi connectivity index (χ0v) is 11.9. The van der Waals surface area contributed by atoms with E-state index in [1.807, 2.05) is 48.5 Å². The van der Waals surface area contributed by atoms with E-state index in [1.165, 1.54) is 0 Å².